The highest BCUT2D eigenvalue weighted by Gasteiger charge is 2.34. The van der Waals surface area contributed by atoms with Gasteiger partial charge >= 0.3 is 0 Å². The lowest BCUT2D eigenvalue weighted by Crippen LogP contribution is -2.42. The largest absolute Gasteiger partial charge is 0.494 e. The average Bonchev–Trinajstić information content (AvgIpc) is 2.74. The van der Waals surface area contributed by atoms with E-state index in [1.165, 1.54) is 19.2 Å². The molecule has 0 atom stereocenters. The number of nitriles is 1. The van der Waals surface area contributed by atoms with Crippen LogP contribution in [0.15, 0.2) is 12.1 Å². The quantitative estimate of drug-likeness (QED) is 0.696. The molecule has 0 spiro atoms. The lowest BCUT2D eigenvalue weighted by Gasteiger charge is -2.35. The van der Waals surface area contributed by atoms with E-state index in [4.69, 9.17) is 20.4 Å². The molecule has 1 amide bonds. The van der Waals surface area contributed by atoms with Crippen LogP contribution >= 0.6 is 0 Å². The molecule has 0 unspecified atom stereocenters. The van der Waals surface area contributed by atoms with Crippen LogP contribution in [0.25, 0.3) is 11.1 Å². The van der Waals surface area contributed by atoms with Crippen molar-refractivity contribution in [3.8, 4) is 22.9 Å². The number of ether oxygens (including phenoxy) is 1. The van der Waals surface area contributed by atoms with Gasteiger partial charge in [0.2, 0.25) is 11.7 Å². The first kappa shape index (κ1) is 22.9. The Bertz CT molecular complexity index is 1100. The number of anilines is 1. The van der Waals surface area contributed by atoms with Crippen LogP contribution < -0.4 is 10.5 Å². The Balaban J connectivity index is 0.000000913. The fourth-order valence-electron chi connectivity index (χ4n) is 3.97. The number of amides is 1. The maximum atomic E-state index is 14.9. The Kier molecular flexibility index (Phi) is 6.88. The molecular formula is C22H22F2N4O4. The van der Waals surface area contributed by atoms with E-state index in [0.29, 0.717) is 24.2 Å². The summed E-state index contributed by atoms with van der Waals surface area (Å²) in [6.07, 6.45) is 3.23. The predicted molar refractivity (Wildman–Crippen MR) is 110 cm³/mol. The Morgan fingerprint density at radius 1 is 1.38 bits per heavy atom. The molecule has 0 saturated heterocycles. The van der Waals surface area contributed by atoms with Crippen molar-refractivity contribution in [1.82, 2.24) is 9.88 Å². The number of carbonyl (C=O) groups excluding carboxylic acids is 1. The molecule has 32 heavy (non-hydrogen) atoms. The summed E-state index contributed by atoms with van der Waals surface area (Å²) in [7, 11) is 1.24. The molecule has 1 aromatic heterocycles. The predicted octanol–water partition coefficient (Wildman–Crippen LogP) is 2.87. The van der Waals surface area contributed by atoms with Crippen LogP contribution in [0.5, 0.6) is 5.75 Å². The molecule has 1 aromatic carbocycles. The van der Waals surface area contributed by atoms with Gasteiger partial charge in [-0.1, -0.05) is 6.42 Å². The zero-order chi connectivity index (χ0) is 23.4. The van der Waals surface area contributed by atoms with E-state index in [9.17, 15) is 18.8 Å². The van der Waals surface area contributed by atoms with Crippen molar-refractivity contribution in [2.45, 2.75) is 32.2 Å². The molecule has 168 valence electrons. The van der Waals surface area contributed by atoms with Crippen molar-refractivity contribution in [2.75, 3.05) is 19.4 Å². The van der Waals surface area contributed by atoms with Gasteiger partial charge in [-0.05, 0) is 25.0 Å². The van der Waals surface area contributed by atoms with E-state index < -0.39 is 11.6 Å². The second-order valence-corrected chi connectivity index (χ2v) is 7.47. The number of pyridine rings is 1. The van der Waals surface area contributed by atoms with Crippen LogP contribution in [-0.4, -0.2) is 41.0 Å². The minimum Gasteiger partial charge on any atom is -0.494 e. The Labute approximate surface area is 183 Å². The van der Waals surface area contributed by atoms with Crippen LogP contribution in [0, 0.1) is 28.9 Å². The molecule has 8 nitrogen and oxygen atoms in total. The Hall–Kier alpha value is -3.74. The topological polar surface area (TPSA) is 130 Å². The van der Waals surface area contributed by atoms with Gasteiger partial charge in [0, 0.05) is 42.1 Å². The van der Waals surface area contributed by atoms with Crippen LogP contribution in [-0.2, 0) is 22.6 Å². The lowest BCUT2D eigenvalue weighted by atomic mass is 9.83. The molecule has 1 fully saturated rings. The molecule has 1 aliphatic carbocycles. The minimum atomic E-state index is -1.14. The van der Waals surface area contributed by atoms with Gasteiger partial charge in [0.15, 0.2) is 11.6 Å². The number of hydrogen-bond donors (Lipinski definition) is 2. The van der Waals surface area contributed by atoms with Gasteiger partial charge in [-0.3, -0.25) is 9.59 Å². The molecule has 0 radical (unpaired) electrons. The van der Waals surface area contributed by atoms with Gasteiger partial charge < -0.3 is 20.5 Å². The summed E-state index contributed by atoms with van der Waals surface area (Å²) in [5.41, 5.74) is 7.17. The summed E-state index contributed by atoms with van der Waals surface area (Å²) in [6.45, 7) is 0.425. The first-order chi connectivity index (χ1) is 15.4. The van der Waals surface area contributed by atoms with E-state index in [1.807, 2.05) is 6.07 Å². The van der Waals surface area contributed by atoms with Gasteiger partial charge in [-0.15, -0.1) is 0 Å². The number of hydrogen-bond acceptors (Lipinski definition) is 6. The lowest BCUT2D eigenvalue weighted by molar-refractivity contribution is -0.139. The highest BCUT2D eigenvalue weighted by Crippen LogP contribution is 2.39. The second-order valence-electron chi connectivity index (χ2n) is 7.47. The number of carboxylic acid groups (broad SMARTS) is 1. The number of nitrogen functional groups attached to an aromatic ring is 1. The van der Waals surface area contributed by atoms with Crippen LogP contribution in [0.3, 0.4) is 0 Å². The maximum Gasteiger partial charge on any atom is 0.290 e. The number of carbonyl (C=O) groups is 2. The number of nitrogens with two attached hydrogens (primary N) is 1. The standard InChI is InChI=1S/C21H20F2N4O2.CH2O2/c1-29-16-6-5-12(18(22)19(16)23)17-13(9-24)20(25)26-15-7-8-27(10-14(15)17)21(28)11-3-2-4-11;2-1-3/h5-6,11H,2-4,7-8,10H2,1H3,(H2,25,26);1H,(H,2,3). The molecule has 10 heteroatoms. The van der Waals surface area contributed by atoms with Crippen molar-refractivity contribution >= 4 is 18.2 Å². The summed E-state index contributed by atoms with van der Waals surface area (Å²) in [4.78, 5) is 27.1. The number of benzene rings is 1. The van der Waals surface area contributed by atoms with Crippen LogP contribution in [0.2, 0.25) is 0 Å². The van der Waals surface area contributed by atoms with E-state index in [2.05, 4.69) is 4.98 Å². The first-order valence-corrected chi connectivity index (χ1v) is 9.98. The SMILES string of the molecule is COc1ccc(-c2c(C#N)c(N)nc3c2CN(C(=O)C2CCC2)CC3)c(F)c1F.O=CO. The van der Waals surface area contributed by atoms with Gasteiger partial charge in [0.05, 0.1) is 12.8 Å². The minimum absolute atomic E-state index is 0.0207. The van der Waals surface area contributed by atoms with Crippen molar-refractivity contribution in [3.05, 3.63) is 40.6 Å². The zero-order valence-corrected chi connectivity index (χ0v) is 17.4. The zero-order valence-electron chi connectivity index (χ0n) is 17.4. The highest BCUT2D eigenvalue weighted by atomic mass is 19.2. The molecule has 1 saturated carbocycles. The number of methoxy groups -OCH3 is 1. The first-order valence-electron chi connectivity index (χ1n) is 9.98. The summed E-state index contributed by atoms with van der Waals surface area (Å²) in [5, 5.41) is 16.5. The summed E-state index contributed by atoms with van der Waals surface area (Å²) >= 11 is 0. The molecule has 3 N–H and O–H groups in total. The second kappa shape index (κ2) is 9.60. The Morgan fingerprint density at radius 2 is 2.06 bits per heavy atom. The maximum absolute atomic E-state index is 14.9. The van der Waals surface area contributed by atoms with Crippen molar-refractivity contribution in [3.63, 3.8) is 0 Å². The van der Waals surface area contributed by atoms with Gasteiger partial charge in [-0.25, -0.2) is 9.37 Å². The van der Waals surface area contributed by atoms with Crippen molar-refractivity contribution in [1.29, 1.82) is 5.26 Å². The van der Waals surface area contributed by atoms with Crippen molar-refractivity contribution in [2.24, 2.45) is 5.92 Å². The normalized spacial score (nSPS) is 14.9. The summed E-state index contributed by atoms with van der Waals surface area (Å²) in [5.74, 6) is -2.46. The van der Waals surface area contributed by atoms with E-state index in [1.54, 1.807) is 4.90 Å². The van der Waals surface area contributed by atoms with Gasteiger partial charge in [0.1, 0.15) is 17.5 Å². The molecule has 2 aliphatic rings. The van der Waals surface area contributed by atoms with Gasteiger partial charge in [-0.2, -0.15) is 9.65 Å². The molecule has 0 bridgehead atoms. The molecule has 2 heterocycles. The molecule has 1 aliphatic heterocycles. The van der Waals surface area contributed by atoms with Crippen LogP contribution in [0.4, 0.5) is 14.6 Å². The molecule has 2 aromatic rings. The van der Waals surface area contributed by atoms with E-state index >= 15 is 0 Å². The fourth-order valence-corrected chi connectivity index (χ4v) is 3.97. The van der Waals surface area contributed by atoms with Crippen LogP contribution in [0.1, 0.15) is 36.1 Å². The summed E-state index contributed by atoms with van der Waals surface area (Å²) in [6, 6.07) is 4.63. The van der Waals surface area contributed by atoms with Crippen molar-refractivity contribution < 1.29 is 28.2 Å². The number of aromatic nitrogens is 1. The molecule has 4 rings (SSSR count). The Morgan fingerprint density at radius 3 is 2.62 bits per heavy atom. The highest BCUT2D eigenvalue weighted by molar-refractivity contribution is 5.83. The number of fused-ring (bicyclic) bond motifs is 1. The summed E-state index contributed by atoms with van der Waals surface area (Å²) < 4.78 is 34.1. The number of halogens is 2. The third-order valence-corrected chi connectivity index (χ3v) is 5.79. The number of rotatable bonds is 3. The third kappa shape index (κ3) is 4.06. The monoisotopic (exact) mass is 444 g/mol. The fraction of sp³-hybridized carbons (Fsp3) is 0.364. The number of nitrogens with zero attached hydrogens (tertiary/aromatic N) is 3. The van der Waals surface area contributed by atoms with E-state index in [0.717, 1.165) is 19.3 Å². The molecular weight excluding hydrogens is 422 g/mol. The average molecular weight is 444 g/mol. The third-order valence-electron chi connectivity index (χ3n) is 5.79. The van der Waals surface area contributed by atoms with Gasteiger partial charge in [0.25, 0.3) is 6.47 Å². The smallest absolute Gasteiger partial charge is 0.290 e. The van der Waals surface area contributed by atoms with E-state index in [-0.39, 0.29) is 53.1 Å².